The molecule has 100 valence electrons. The normalized spacial score (nSPS) is 36.0. The monoisotopic (exact) mass is 242 g/mol. The van der Waals surface area contributed by atoms with Gasteiger partial charge in [-0.25, -0.2) is 0 Å². The van der Waals surface area contributed by atoms with Gasteiger partial charge in [-0.15, -0.1) is 0 Å². The van der Waals surface area contributed by atoms with Gasteiger partial charge in [-0.1, -0.05) is 6.92 Å². The molecule has 2 fully saturated rings. The molecule has 2 heterocycles. The van der Waals surface area contributed by atoms with Gasteiger partial charge in [0.05, 0.1) is 18.8 Å². The van der Waals surface area contributed by atoms with E-state index >= 15 is 0 Å². The lowest BCUT2D eigenvalue weighted by atomic mass is 9.99. The summed E-state index contributed by atoms with van der Waals surface area (Å²) in [4.78, 5) is 2.61. The van der Waals surface area contributed by atoms with Gasteiger partial charge in [0.2, 0.25) is 0 Å². The van der Waals surface area contributed by atoms with Crippen LogP contribution < -0.4 is 5.32 Å². The number of hydrogen-bond acceptors (Lipinski definition) is 4. The van der Waals surface area contributed by atoms with Crippen molar-refractivity contribution in [3.05, 3.63) is 0 Å². The summed E-state index contributed by atoms with van der Waals surface area (Å²) >= 11 is 0. The van der Waals surface area contributed by atoms with Crippen molar-refractivity contribution in [1.82, 2.24) is 10.2 Å². The number of hydrogen-bond donors (Lipinski definition) is 1. The maximum Gasteiger partial charge on any atom is 0.0826 e. The highest BCUT2D eigenvalue weighted by Crippen LogP contribution is 2.22. The van der Waals surface area contributed by atoms with Gasteiger partial charge in [0.25, 0.3) is 0 Å². The van der Waals surface area contributed by atoms with Crippen molar-refractivity contribution < 1.29 is 9.47 Å². The van der Waals surface area contributed by atoms with E-state index in [1.54, 1.807) is 0 Å². The molecule has 0 amide bonds. The first-order valence-electron chi connectivity index (χ1n) is 6.95. The third kappa shape index (κ3) is 3.65. The largest absolute Gasteiger partial charge is 0.378 e. The highest BCUT2D eigenvalue weighted by Gasteiger charge is 2.30. The molecule has 2 aliphatic heterocycles. The van der Waals surface area contributed by atoms with Crippen molar-refractivity contribution in [1.29, 1.82) is 0 Å². The van der Waals surface area contributed by atoms with E-state index in [0.717, 1.165) is 39.3 Å². The fourth-order valence-electron chi connectivity index (χ4n) is 2.90. The molecule has 4 nitrogen and oxygen atoms in total. The minimum Gasteiger partial charge on any atom is -0.378 e. The van der Waals surface area contributed by atoms with E-state index < -0.39 is 0 Å². The van der Waals surface area contributed by atoms with E-state index in [2.05, 4.69) is 17.1 Å². The van der Waals surface area contributed by atoms with Crippen LogP contribution in [0.5, 0.6) is 0 Å². The molecule has 0 aromatic rings. The Morgan fingerprint density at radius 1 is 1.24 bits per heavy atom. The Bertz CT molecular complexity index is 223. The number of rotatable bonds is 4. The summed E-state index contributed by atoms with van der Waals surface area (Å²) in [6.07, 6.45) is 4.35. The predicted octanol–water partition coefficient (Wildman–Crippen LogP) is 0.864. The van der Waals surface area contributed by atoms with Crippen molar-refractivity contribution in [2.45, 2.75) is 44.4 Å². The molecule has 0 bridgehead atoms. The zero-order valence-electron chi connectivity index (χ0n) is 11.2. The smallest absolute Gasteiger partial charge is 0.0826 e. The maximum atomic E-state index is 5.76. The Balaban J connectivity index is 1.83. The van der Waals surface area contributed by atoms with Crippen LogP contribution in [0.2, 0.25) is 0 Å². The zero-order valence-corrected chi connectivity index (χ0v) is 11.2. The summed E-state index contributed by atoms with van der Waals surface area (Å²) < 4.78 is 11.5. The molecule has 3 unspecified atom stereocenters. The summed E-state index contributed by atoms with van der Waals surface area (Å²) in [6, 6.07) is 0.706. The van der Waals surface area contributed by atoms with Crippen LogP contribution in [0.25, 0.3) is 0 Å². The molecule has 0 aromatic heterocycles. The fraction of sp³-hybridized carbons (Fsp3) is 1.00. The fourth-order valence-corrected chi connectivity index (χ4v) is 2.90. The van der Waals surface area contributed by atoms with Crippen LogP contribution in [-0.2, 0) is 9.47 Å². The highest BCUT2D eigenvalue weighted by molar-refractivity contribution is 4.83. The Labute approximate surface area is 105 Å². The lowest BCUT2D eigenvalue weighted by molar-refractivity contribution is -0.0778. The second kappa shape index (κ2) is 6.69. The van der Waals surface area contributed by atoms with Gasteiger partial charge in [0.1, 0.15) is 0 Å². The Morgan fingerprint density at radius 3 is 2.82 bits per heavy atom. The zero-order chi connectivity index (χ0) is 12.1. The molecular formula is C13H26N2O2. The summed E-state index contributed by atoms with van der Waals surface area (Å²) in [5, 5.41) is 3.20. The third-order valence-corrected chi connectivity index (χ3v) is 3.91. The molecule has 0 saturated carbocycles. The Hall–Kier alpha value is -0.160. The Kier molecular flexibility index (Phi) is 5.22. The van der Waals surface area contributed by atoms with E-state index in [1.165, 1.54) is 12.8 Å². The predicted molar refractivity (Wildman–Crippen MR) is 68.3 cm³/mol. The first-order valence-corrected chi connectivity index (χ1v) is 6.95. The standard InChI is InChI=1S/C13H26N2O2/c1-3-12-8-11(4-6-16-12)15-5-7-17-13(10-15)9-14-2/h11-14H,3-10H2,1-2H3. The molecule has 3 atom stereocenters. The highest BCUT2D eigenvalue weighted by atomic mass is 16.5. The molecule has 17 heavy (non-hydrogen) atoms. The second-order valence-electron chi connectivity index (χ2n) is 5.12. The molecule has 0 aromatic carbocycles. The first kappa shape index (κ1) is 13.3. The topological polar surface area (TPSA) is 33.7 Å². The van der Waals surface area contributed by atoms with Gasteiger partial charge < -0.3 is 14.8 Å². The molecule has 2 aliphatic rings. The van der Waals surface area contributed by atoms with E-state index in [4.69, 9.17) is 9.47 Å². The van der Waals surface area contributed by atoms with Crippen LogP contribution in [0.1, 0.15) is 26.2 Å². The van der Waals surface area contributed by atoms with Gasteiger partial charge in [0, 0.05) is 32.3 Å². The average molecular weight is 242 g/mol. The summed E-state index contributed by atoms with van der Waals surface area (Å²) in [5.41, 5.74) is 0. The van der Waals surface area contributed by atoms with E-state index in [0.29, 0.717) is 18.2 Å². The molecule has 0 spiro atoms. The van der Waals surface area contributed by atoms with Crippen LogP contribution in [-0.4, -0.2) is 63.0 Å². The first-order chi connectivity index (χ1) is 8.33. The van der Waals surface area contributed by atoms with Crippen LogP contribution in [0.4, 0.5) is 0 Å². The molecule has 1 N–H and O–H groups in total. The Morgan fingerprint density at radius 2 is 2.06 bits per heavy atom. The van der Waals surface area contributed by atoms with Gasteiger partial charge in [-0.2, -0.15) is 0 Å². The van der Waals surface area contributed by atoms with Crippen molar-refractivity contribution in [2.24, 2.45) is 0 Å². The lowest BCUT2D eigenvalue weighted by Gasteiger charge is -2.41. The van der Waals surface area contributed by atoms with Gasteiger partial charge in [-0.3, -0.25) is 4.90 Å². The maximum absolute atomic E-state index is 5.76. The van der Waals surface area contributed by atoms with E-state index in [1.807, 2.05) is 7.05 Å². The minimum atomic E-state index is 0.358. The second-order valence-corrected chi connectivity index (χ2v) is 5.12. The SMILES string of the molecule is CCC1CC(N2CCOC(CNC)C2)CCO1. The van der Waals surface area contributed by atoms with Crippen molar-refractivity contribution in [3.8, 4) is 0 Å². The number of morpholine rings is 1. The lowest BCUT2D eigenvalue weighted by Crippen LogP contribution is -2.52. The van der Waals surface area contributed by atoms with Crippen LogP contribution in [0.3, 0.4) is 0 Å². The van der Waals surface area contributed by atoms with Crippen molar-refractivity contribution in [2.75, 3.05) is 39.9 Å². The van der Waals surface area contributed by atoms with E-state index in [-0.39, 0.29) is 0 Å². The molecule has 2 rings (SSSR count). The quantitative estimate of drug-likeness (QED) is 0.793. The number of likely N-dealkylation sites (N-methyl/N-ethyl adjacent to an activating group) is 1. The summed E-state index contributed by atoms with van der Waals surface area (Å²) in [7, 11) is 1.99. The van der Waals surface area contributed by atoms with Crippen LogP contribution in [0.15, 0.2) is 0 Å². The van der Waals surface area contributed by atoms with E-state index in [9.17, 15) is 0 Å². The average Bonchev–Trinajstić information content (AvgIpc) is 2.40. The summed E-state index contributed by atoms with van der Waals surface area (Å²) in [6.45, 7) is 7.13. The molecule has 4 heteroatoms. The van der Waals surface area contributed by atoms with Gasteiger partial charge in [-0.05, 0) is 26.3 Å². The van der Waals surface area contributed by atoms with Gasteiger partial charge in [0.15, 0.2) is 0 Å². The van der Waals surface area contributed by atoms with Gasteiger partial charge >= 0.3 is 0 Å². The van der Waals surface area contributed by atoms with Crippen LogP contribution in [0, 0.1) is 0 Å². The van der Waals surface area contributed by atoms with Crippen LogP contribution >= 0.6 is 0 Å². The molecule has 0 radical (unpaired) electrons. The third-order valence-electron chi connectivity index (χ3n) is 3.91. The number of nitrogens with one attached hydrogen (secondary N) is 1. The minimum absolute atomic E-state index is 0.358. The molecule has 2 saturated heterocycles. The molecular weight excluding hydrogens is 216 g/mol. The number of ether oxygens (including phenoxy) is 2. The van der Waals surface area contributed by atoms with Crippen molar-refractivity contribution in [3.63, 3.8) is 0 Å². The number of nitrogens with zero attached hydrogens (tertiary/aromatic N) is 1. The van der Waals surface area contributed by atoms with Crippen molar-refractivity contribution >= 4 is 0 Å². The molecule has 0 aliphatic carbocycles. The summed E-state index contributed by atoms with van der Waals surface area (Å²) in [5.74, 6) is 0.